The summed E-state index contributed by atoms with van der Waals surface area (Å²) in [5.74, 6) is -2.33. The third-order valence-electron chi connectivity index (χ3n) is 3.09. The number of carbonyl (C=O) groups excluding carboxylic acids is 1. The van der Waals surface area contributed by atoms with Crippen LogP contribution in [0.2, 0.25) is 0 Å². The fourth-order valence-corrected chi connectivity index (χ4v) is 3.25. The van der Waals surface area contributed by atoms with Crippen molar-refractivity contribution in [3.05, 3.63) is 58.6 Å². The second kappa shape index (κ2) is 7.37. The van der Waals surface area contributed by atoms with Crippen LogP contribution in [0.1, 0.15) is 0 Å². The Balaban J connectivity index is 2.10. The second-order valence-corrected chi connectivity index (χ2v) is 7.85. The summed E-state index contributed by atoms with van der Waals surface area (Å²) in [6.45, 7) is -0.547. The highest BCUT2D eigenvalue weighted by Gasteiger charge is 2.23. The fraction of sp³-hybridized carbons (Fsp3) is 0.133. The molecule has 2 aromatic carbocycles. The van der Waals surface area contributed by atoms with E-state index >= 15 is 0 Å². The van der Waals surface area contributed by atoms with Crippen molar-refractivity contribution in [3.63, 3.8) is 0 Å². The van der Waals surface area contributed by atoms with E-state index in [0.717, 1.165) is 22.5 Å². The maximum absolute atomic E-state index is 13.5. The van der Waals surface area contributed by atoms with Crippen molar-refractivity contribution < 1.29 is 22.0 Å². The molecule has 0 fully saturated rings. The van der Waals surface area contributed by atoms with Crippen molar-refractivity contribution in [3.8, 4) is 0 Å². The number of sulfonamides is 1. The maximum Gasteiger partial charge on any atom is 0.243 e. The first-order valence-corrected chi connectivity index (χ1v) is 8.90. The van der Waals surface area contributed by atoms with Gasteiger partial charge in [-0.15, -0.1) is 0 Å². The van der Waals surface area contributed by atoms with Crippen molar-refractivity contribution in [2.24, 2.45) is 0 Å². The van der Waals surface area contributed by atoms with Gasteiger partial charge in [-0.3, -0.25) is 4.79 Å². The SMILES string of the molecule is CN(CC(=O)Nc1cc(F)ccc1F)S(=O)(=O)c1ccc(Br)cc1. The molecule has 128 valence electrons. The molecule has 0 spiro atoms. The van der Waals surface area contributed by atoms with Gasteiger partial charge in [-0.05, 0) is 36.4 Å². The molecule has 1 amide bonds. The van der Waals surface area contributed by atoms with E-state index in [9.17, 15) is 22.0 Å². The lowest BCUT2D eigenvalue weighted by Gasteiger charge is -2.17. The molecule has 0 radical (unpaired) electrons. The lowest BCUT2D eigenvalue weighted by atomic mass is 10.3. The first-order valence-electron chi connectivity index (χ1n) is 6.67. The van der Waals surface area contributed by atoms with Crippen molar-refractivity contribution in [1.82, 2.24) is 4.31 Å². The van der Waals surface area contributed by atoms with E-state index in [-0.39, 0.29) is 10.6 Å². The molecule has 0 atom stereocenters. The highest BCUT2D eigenvalue weighted by Crippen LogP contribution is 2.18. The van der Waals surface area contributed by atoms with E-state index in [1.54, 1.807) is 12.1 Å². The van der Waals surface area contributed by atoms with Gasteiger partial charge in [0.2, 0.25) is 15.9 Å². The molecule has 0 unspecified atom stereocenters. The number of anilines is 1. The molecule has 0 bridgehead atoms. The summed E-state index contributed by atoms with van der Waals surface area (Å²) in [6, 6.07) is 8.49. The number of rotatable bonds is 5. The van der Waals surface area contributed by atoms with E-state index in [0.29, 0.717) is 4.47 Å². The van der Waals surface area contributed by atoms with E-state index in [2.05, 4.69) is 21.2 Å². The number of benzene rings is 2. The van der Waals surface area contributed by atoms with Gasteiger partial charge in [0.1, 0.15) is 11.6 Å². The van der Waals surface area contributed by atoms with Crippen molar-refractivity contribution in [2.75, 3.05) is 18.9 Å². The van der Waals surface area contributed by atoms with Gasteiger partial charge in [0.25, 0.3) is 0 Å². The summed E-state index contributed by atoms with van der Waals surface area (Å²) in [4.78, 5) is 11.9. The third kappa shape index (κ3) is 4.37. The normalized spacial score (nSPS) is 11.5. The third-order valence-corrected chi connectivity index (χ3v) is 5.44. The minimum atomic E-state index is -3.88. The van der Waals surface area contributed by atoms with Gasteiger partial charge in [-0.2, -0.15) is 4.31 Å². The van der Waals surface area contributed by atoms with Crippen LogP contribution in [-0.4, -0.2) is 32.2 Å². The topological polar surface area (TPSA) is 66.5 Å². The average Bonchev–Trinajstić information content (AvgIpc) is 2.51. The van der Waals surface area contributed by atoms with Gasteiger partial charge in [0.05, 0.1) is 17.1 Å². The fourth-order valence-electron chi connectivity index (χ4n) is 1.86. The molecule has 2 rings (SSSR count). The first kappa shape index (κ1) is 18.5. The highest BCUT2D eigenvalue weighted by molar-refractivity contribution is 9.10. The molecule has 0 saturated heterocycles. The Morgan fingerprint density at radius 3 is 2.42 bits per heavy atom. The summed E-state index contributed by atoms with van der Waals surface area (Å²) in [7, 11) is -2.66. The molecule has 0 heterocycles. The molecule has 5 nitrogen and oxygen atoms in total. The Labute approximate surface area is 146 Å². The van der Waals surface area contributed by atoms with Crippen LogP contribution in [0.25, 0.3) is 0 Å². The Morgan fingerprint density at radius 1 is 1.17 bits per heavy atom. The van der Waals surface area contributed by atoms with Crippen LogP contribution in [0, 0.1) is 11.6 Å². The lowest BCUT2D eigenvalue weighted by molar-refractivity contribution is -0.116. The Kier molecular flexibility index (Phi) is 5.68. The van der Waals surface area contributed by atoms with Crippen molar-refractivity contribution in [2.45, 2.75) is 4.90 Å². The van der Waals surface area contributed by atoms with Crippen LogP contribution in [0.5, 0.6) is 0 Å². The number of hydrogen-bond donors (Lipinski definition) is 1. The summed E-state index contributed by atoms with van der Waals surface area (Å²) in [5.41, 5.74) is -0.352. The number of nitrogens with one attached hydrogen (secondary N) is 1. The average molecular weight is 419 g/mol. The molecule has 24 heavy (non-hydrogen) atoms. The summed E-state index contributed by atoms with van der Waals surface area (Å²) in [5, 5.41) is 2.15. The summed E-state index contributed by atoms with van der Waals surface area (Å²) in [6.07, 6.45) is 0. The number of hydrogen-bond acceptors (Lipinski definition) is 3. The predicted octanol–water partition coefficient (Wildman–Crippen LogP) is 2.99. The van der Waals surface area contributed by atoms with Crippen LogP contribution >= 0.6 is 15.9 Å². The molecule has 9 heteroatoms. The van der Waals surface area contributed by atoms with Crippen LogP contribution in [0.4, 0.5) is 14.5 Å². The van der Waals surface area contributed by atoms with Gasteiger partial charge in [0, 0.05) is 17.6 Å². The molecular weight excluding hydrogens is 406 g/mol. The highest BCUT2D eigenvalue weighted by atomic mass is 79.9. The number of amides is 1. The number of nitrogens with zero attached hydrogens (tertiary/aromatic N) is 1. The summed E-state index contributed by atoms with van der Waals surface area (Å²) >= 11 is 3.20. The zero-order valence-electron chi connectivity index (χ0n) is 12.5. The quantitative estimate of drug-likeness (QED) is 0.811. The first-order chi connectivity index (χ1) is 11.2. The standard InChI is InChI=1S/C15H13BrF2N2O3S/c1-20(24(22,23)12-5-2-10(16)3-6-12)9-15(21)19-14-8-11(17)4-7-13(14)18/h2-8H,9H2,1H3,(H,19,21). The molecule has 0 saturated carbocycles. The smallest absolute Gasteiger partial charge is 0.243 e. The minimum absolute atomic E-state index is 0.0120. The zero-order valence-corrected chi connectivity index (χ0v) is 14.9. The second-order valence-electron chi connectivity index (χ2n) is 4.89. The molecule has 0 aliphatic rings. The van der Waals surface area contributed by atoms with Gasteiger partial charge in [0.15, 0.2) is 0 Å². The number of halogens is 3. The van der Waals surface area contributed by atoms with Crippen LogP contribution in [-0.2, 0) is 14.8 Å². The Hall–Kier alpha value is -1.84. The van der Waals surface area contributed by atoms with Gasteiger partial charge < -0.3 is 5.32 Å². The largest absolute Gasteiger partial charge is 0.322 e. The number of likely N-dealkylation sites (N-methyl/N-ethyl adjacent to an activating group) is 1. The van der Waals surface area contributed by atoms with Gasteiger partial charge in [-0.25, -0.2) is 17.2 Å². The van der Waals surface area contributed by atoms with E-state index in [1.807, 2.05) is 0 Å². The molecular formula is C15H13BrF2N2O3S. The van der Waals surface area contributed by atoms with E-state index in [4.69, 9.17) is 0 Å². The van der Waals surface area contributed by atoms with Gasteiger partial charge in [-0.1, -0.05) is 15.9 Å². The van der Waals surface area contributed by atoms with Crippen molar-refractivity contribution >= 4 is 37.5 Å². The van der Waals surface area contributed by atoms with Crippen LogP contribution in [0.3, 0.4) is 0 Å². The predicted molar refractivity (Wildman–Crippen MR) is 88.9 cm³/mol. The zero-order chi connectivity index (χ0) is 17.9. The molecule has 1 N–H and O–H groups in total. The maximum atomic E-state index is 13.5. The summed E-state index contributed by atoms with van der Waals surface area (Å²) < 4.78 is 52.8. The van der Waals surface area contributed by atoms with Crippen LogP contribution in [0.15, 0.2) is 51.8 Å². The van der Waals surface area contributed by atoms with E-state index < -0.39 is 34.1 Å². The lowest BCUT2D eigenvalue weighted by Crippen LogP contribution is -2.35. The molecule has 0 aliphatic carbocycles. The van der Waals surface area contributed by atoms with Gasteiger partial charge >= 0.3 is 0 Å². The van der Waals surface area contributed by atoms with Crippen LogP contribution < -0.4 is 5.32 Å². The monoisotopic (exact) mass is 418 g/mol. The number of carbonyl (C=O) groups is 1. The molecule has 0 aromatic heterocycles. The van der Waals surface area contributed by atoms with E-state index in [1.165, 1.54) is 19.2 Å². The molecule has 2 aromatic rings. The van der Waals surface area contributed by atoms with Crippen molar-refractivity contribution in [1.29, 1.82) is 0 Å². The molecule has 0 aliphatic heterocycles. The Morgan fingerprint density at radius 2 is 1.79 bits per heavy atom. The minimum Gasteiger partial charge on any atom is -0.322 e. The Bertz CT molecular complexity index is 858.